The number of hydrogen-bond acceptors (Lipinski definition) is 2. The second-order valence-electron chi connectivity index (χ2n) is 3.82. The smallest absolute Gasteiger partial charge is 0.0648 e. The molecule has 0 saturated carbocycles. The zero-order valence-electron chi connectivity index (χ0n) is 9.82. The fourth-order valence-electron chi connectivity index (χ4n) is 1.43. The lowest BCUT2D eigenvalue weighted by molar-refractivity contribution is 1.32. The van der Waals surface area contributed by atoms with Crippen molar-refractivity contribution in [3.63, 3.8) is 0 Å². The van der Waals surface area contributed by atoms with Gasteiger partial charge in [0.25, 0.3) is 0 Å². The summed E-state index contributed by atoms with van der Waals surface area (Å²) in [4.78, 5) is 0. The van der Waals surface area contributed by atoms with Crippen molar-refractivity contribution in [1.29, 1.82) is 0 Å². The first-order valence-electron chi connectivity index (χ1n) is 5.47. The van der Waals surface area contributed by atoms with Crippen LogP contribution in [0.1, 0.15) is 12.5 Å². The molecule has 0 aliphatic carbocycles. The van der Waals surface area contributed by atoms with E-state index in [4.69, 9.17) is 11.6 Å². The van der Waals surface area contributed by atoms with Gasteiger partial charge < -0.3 is 0 Å². The molecular formula is C14H12BrClN2. The summed E-state index contributed by atoms with van der Waals surface area (Å²) >= 11 is 9.24. The van der Waals surface area contributed by atoms with E-state index in [0.717, 1.165) is 26.5 Å². The number of hydrogen-bond donors (Lipinski definition) is 1. The third-order valence-electron chi connectivity index (χ3n) is 2.46. The van der Waals surface area contributed by atoms with Gasteiger partial charge in [-0.1, -0.05) is 39.7 Å². The summed E-state index contributed by atoms with van der Waals surface area (Å²) in [6, 6.07) is 15.5. The van der Waals surface area contributed by atoms with Gasteiger partial charge in [0.05, 0.1) is 11.4 Å². The second kappa shape index (κ2) is 6.03. The third kappa shape index (κ3) is 3.59. The summed E-state index contributed by atoms with van der Waals surface area (Å²) in [6.07, 6.45) is 0. The molecule has 0 amide bonds. The van der Waals surface area contributed by atoms with Gasteiger partial charge in [-0.25, -0.2) is 0 Å². The first kappa shape index (κ1) is 13.1. The van der Waals surface area contributed by atoms with Crippen LogP contribution in [0, 0.1) is 0 Å². The predicted octanol–water partition coefficient (Wildman–Crippen LogP) is 4.94. The normalized spacial score (nSPS) is 11.4. The van der Waals surface area contributed by atoms with Crippen LogP contribution in [0.2, 0.25) is 5.02 Å². The molecule has 2 rings (SSSR count). The first-order valence-corrected chi connectivity index (χ1v) is 6.64. The fraction of sp³-hybridized carbons (Fsp3) is 0.0714. The van der Waals surface area contributed by atoms with Gasteiger partial charge in [0.15, 0.2) is 0 Å². The lowest BCUT2D eigenvalue weighted by Gasteiger charge is -2.04. The molecule has 1 N–H and O–H groups in total. The van der Waals surface area contributed by atoms with E-state index in [1.54, 1.807) is 0 Å². The van der Waals surface area contributed by atoms with E-state index in [1.807, 2.05) is 55.5 Å². The highest BCUT2D eigenvalue weighted by atomic mass is 79.9. The van der Waals surface area contributed by atoms with Crippen LogP contribution in [0.4, 0.5) is 5.69 Å². The minimum Gasteiger partial charge on any atom is -0.278 e. The van der Waals surface area contributed by atoms with Gasteiger partial charge >= 0.3 is 0 Å². The molecule has 2 nitrogen and oxygen atoms in total. The summed E-state index contributed by atoms with van der Waals surface area (Å²) in [6.45, 7) is 1.95. The minimum atomic E-state index is 0.729. The lowest BCUT2D eigenvalue weighted by Crippen LogP contribution is -1.99. The van der Waals surface area contributed by atoms with Gasteiger partial charge in [-0.3, -0.25) is 5.43 Å². The van der Waals surface area contributed by atoms with E-state index < -0.39 is 0 Å². The Hall–Kier alpha value is -1.32. The number of rotatable bonds is 3. The molecule has 0 atom stereocenters. The highest BCUT2D eigenvalue weighted by Gasteiger charge is 1.97. The molecule has 0 bridgehead atoms. The van der Waals surface area contributed by atoms with Crippen LogP contribution in [-0.4, -0.2) is 5.71 Å². The van der Waals surface area contributed by atoms with Gasteiger partial charge in [-0.05, 0) is 48.9 Å². The molecule has 0 aliphatic heterocycles. The Bertz CT molecular complexity index is 547. The molecule has 4 heteroatoms. The average Bonchev–Trinajstić information content (AvgIpc) is 2.38. The Morgan fingerprint density at radius 3 is 2.28 bits per heavy atom. The Balaban J connectivity index is 2.09. The van der Waals surface area contributed by atoms with E-state index in [-0.39, 0.29) is 0 Å². The largest absolute Gasteiger partial charge is 0.278 e. The summed E-state index contributed by atoms with van der Waals surface area (Å²) in [7, 11) is 0. The maximum Gasteiger partial charge on any atom is 0.0648 e. The first-order chi connectivity index (χ1) is 8.65. The summed E-state index contributed by atoms with van der Waals surface area (Å²) in [5.74, 6) is 0. The maximum absolute atomic E-state index is 5.84. The van der Waals surface area contributed by atoms with Crippen molar-refractivity contribution in [2.24, 2.45) is 5.10 Å². The monoisotopic (exact) mass is 322 g/mol. The fourth-order valence-corrected chi connectivity index (χ4v) is 1.82. The molecule has 0 spiro atoms. The number of nitrogens with zero attached hydrogens (tertiary/aromatic N) is 1. The van der Waals surface area contributed by atoms with E-state index >= 15 is 0 Å². The molecule has 0 radical (unpaired) electrons. The van der Waals surface area contributed by atoms with Crippen molar-refractivity contribution < 1.29 is 0 Å². The summed E-state index contributed by atoms with van der Waals surface area (Å²) in [5.41, 5.74) is 5.93. The van der Waals surface area contributed by atoms with Crippen molar-refractivity contribution >= 4 is 38.9 Å². The van der Waals surface area contributed by atoms with Crippen molar-refractivity contribution in [2.75, 3.05) is 5.43 Å². The number of benzene rings is 2. The van der Waals surface area contributed by atoms with Crippen molar-refractivity contribution in [3.05, 3.63) is 63.6 Å². The molecular weight excluding hydrogens is 312 g/mol. The minimum absolute atomic E-state index is 0.729. The lowest BCUT2D eigenvalue weighted by atomic mass is 10.1. The van der Waals surface area contributed by atoms with Crippen molar-refractivity contribution in [2.45, 2.75) is 6.92 Å². The third-order valence-corrected chi connectivity index (χ3v) is 3.24. The molecule has 92 valence electrons. The van der Waals surface area contributed by atoms with Crippen LogP contribution < -0.4 is 5.43 Å². The van der Waals surface area contributed by atoms with E-state index in [0.29, 0.717) is 0 Å². The van der Waals surface area contributed by atoms with Gasteiger partial charge in [0.1, 0.15) is 0 Å². The Morgan fingerprint density at radius 1 is 1.06 bits per heavy atom. The Morgan fingerprint density at radius 2 is 1.67 bits per heavy atom. The SMILES string of the molecule is CC(=NNc1ccc(Br)cc1)c1ccc(Cl)cc1. The molecule has 0 aliphatic rings. The Kier molecular flexibility index (Phi) is 4.39. The van der Waals surface area contributed by atoms with E-state index in [9.17, 15) is 0 Å². The van der Waals surface area contributed by atoms with Crippen molar-refractivity contribution in [1.82, 2.24) is 0 Å². The molecule has 2 aromatic carbocycles. The molecule has 0 saturated heterocycles. The topological polar surface area (TPSA) is 24.4 Å². The molecule has 0 aromatic heterocycles. The quantitative estimate of drug-likeness (QED) is 0.628. The average molecular weight is 324 g/mol. The number of hydrazone groups is 1. The molecule has 18 heavy (non-hydrogen) atoms. The van der Waals surface area contributed by atoms with Crippen LogP contribution >= 0.6 is 27.5 Å². The van der Waals surface area contributed by atoms with Crippen LogP contribution in [-0.2, 0) is 0 Å². The zero-order valence-corrected chi connectivity index (χ0v) is 12.2. The molecule has 0 unspecified atom stereocenters. The predicted molar refractivity (Wildman–Crippen MR) is 81.4 cm³/mol. The van der Waals surface area contributed by atoms with Gasteiger partial charge in [0.2, 0.25) is 0 Å². The molecule has 0 heterocycles. The maximum atomic E-state index is 5.84. The van der Waals surface area contributed by atoms with Gasteiger partial charge in [-0.2, -0.15) is 5.10 Å². The van der Waals surface area contributed by atoms with Crippen LogP contribution in [0.5, 0.6) is 0 Å². The van der Waals surface area contributed by atoms with Crippen LogP contribution in [0.3, 0.4) is 0 Å². The molecule has 0 fully saturated rings. The highest BCUT2D eigenvalue weighted by Crippen LogP contribution is 2.15. The van der Waals surface area contributed by atoms with Crippen LogP contribution in [0.15, 0.2) is 58.1 Å². The number of halogens is 2. The second-order valence-corrected chi connectivity index (χ2v) is 5.17. The summed E-state index contributed by atoms with van der Waals surface area (Å²) in [5, 5.41) is 5.06. The standard InChI is InChI=1S/C14H12BrClN2/c1-10(11-2-6-13(16)7-3-11)17-18-14-8-4-12(15)5-9-14/h2-9,18H,1H3. The molecule has 2 aromatic rings. The summed E-state index contributed by atoms with van der Waals surface area (Å²) < 4.78 is 1.05. The van der Waals surface area contributed by atoms with E-state index in [2.05, 4.69) is 26.5 Å². The number of nitrogens with one attached hydrogen (secondary N) is 1. The number of anilines is 1. The van der Waals surface area contributed by atoms with E-state index in [1.165, 1.54) is 0 Å². The van der Waals surface area contributed by atoms with Crippen LogP contribution in [0.25, 0.3) is 0 Å². The van der Waals surface area contributed by atoms with Gasteiger partial charge in [0, 0.05) is 9.50 Å². The zero-order chi connectivity index (χ0) is 13.0. The Labute approximate surface area is 120 Å². The van der Waals surface area contributed by atoms with Gasteiger partial charge in [-0.15, -0.1) is 0 Å². The van der Waals surface area contributed by atoms with Crippen molar-refractivity contribution in [3.8, 4) is 0 Å². The highest BCUT2D eigenvalue weighted by molar-refractivity contribution is 9.10.